The predicted molar refractivity (Wildman–Crippen MR) is 43.4 cm³/mol. The van der Waals surface area contributed by atoms with E-state index in [2.05, 4.69) is 0 Å². The Balaban J connectivity index is 3.39. The van der Waals surface area contributed by atoms with Crippen LogP contribution < -0.4 is 5.56 Å². The number of nitro groups is 1. The summed E-state index contributed by atoms with van der Waals surface area (Å²) >= 11 is 0. The molecule has 0 aliphatic carbocycles. The number of rotatable bonds is 2. The van der Waals surface area contributed by atoms with Gasteiger partial charge in [0, 0.05) is 5.56 Å². The van der Waals surface area contributed by atoms with Gasteiger partial charge >= 0.3 is 11.4 Å². The quantitative estimate of drug-likeness (QED) is 0.586. The number of nitrogens with one attached hydrogen (secondary N) is 1. The van der Waals surface area contributed by atoms with Gasteiger partial charge in [-0.25, -0.2) is 18.6 Å². The van der Waals surface area contributed by atoms with E-state index in [9.17, 15) is 23.7 Å². The Kier molecular flexibility index (Phi) is 2.59. The van der Waals surface area contributed by atoms with Crippen molar-refractivity contribution in [2.75, 3.05) is 0 Å². The highest BCUT2D eigenvalue weighted by Gasteiger charge is 2.19. The Labute approximate surface area is 76.5 Å². The molecule has 76 valence electrons. The van der Waals surface area contributed by atoms with Crippen LogP contribution in [-0.2, 0) is 0 Å². The molecule has 1 aromatic heterocycles. The zero-order valence-corrected chi connectivity index (χ0v) is 7.08. The first-order chi connectivity index (χ1) is 6.43. The van der Waals surface area contributed by atoms with Gasteiger partial charge in [-0.05, 0) is 17.9 Å². The number of alkyl halides is 2. The van der Waals surface area contributed by atoms with Crippen LogP contribution in [0.1, 0.15) is 17.6 Å². The van der Waals surface area contributed by atoms with E-state index in [0.717, 1.165) is 6.07 Å². The molecule has 0 atom stereocenters. The van der Waals surface area contributed by atoms with Gasteiger partial charge in [0.25, 0.3) is 6.43 Å². The van der Waals surface area contributed by atoms with Crippen LogP contribution in [0.3, 0.4) is 0 Å². The lowest BCUT2D eigenvalue weighted by Crippen LogP contribution is -2.15. The molecule has 14 heavy (non-hydrogen) atoms. The van der Waals surface area contributed by atoms with E-state index in [1.807, 2.05) is 0 Å². The molecule has 1 aromatic rings. The zero-order valence-electron chi connectivity index (χ0n) is 7.08. The van der Waals surface area contributed by atoms with Gasteiger partial charge in [-0.1, -0.05) is 0 Å². The molecule has 0 unspecified atom stereocenters. The SMILES string of the molecule is Cc1cc(C(F)F)c(=O)[nH]c1[N+](=O)[O-]. The molecule has 0 radical (unpaired) electrons. The molecule has 5 nitrogen and oxygen atoms in total. The number of H-pyrrole nitrogens is 1. The summed E-state index contributed by atoms with van der Waals surface area (Å²) in [5.74, 6) is -0.556. The first kappa shape index (κ1) is 10.3. The van der Waals surface area contributed by atoms with Crippen LogP contribution in [0, 0.1) is 17.0 Å². The number of halogens is 2. The number of hydrogen-bond acceptors (Lipinski definition) is 3. The van der Waals surface area contributed by atoms with Crippen molar-refractivity contribution in [3.05, 3.63) is 37.7 Å². The number of hydrogen-bond donors (Lipinski definition) is 1. The van der Waals surface area contributed by atoms with E-state index < -0.39 is 28.3 Å². The fourth-order valence-electron chi connectivity index (χ4n) is 0.997. The van der Waals surface area contributed by atoms with Crippen LogP contribution in [0.15, 0.2) is 10.9 Å². The van der Waals surface area contributed by atoms with Gasteiger partial charge in [-0.3, -0.25) is 0 Å². The van der Waals surface area contributed by atoms with E-state index in [1.165, 1.54) is 6.92 Å². The van der Waals surface area contributed by atoms with Crippen LogP contribution in [0.4, 0.5) is 14.6 Å². The summed E-state index contributed by atoms with van der Waals surface area (Å²) in [6.45, 7) is 1.28. The third-order valence-corrected chi connectivity index (χ3v) is 1.66. The standard InChI is InChI=1S/C7H6F2N2O3/c1-3-2-4(5(8)9)7(12)10-6(3)11(13)14/h2,5H,1H3,(H,10,12). The summed E-state index contributed by atoms with van der Waals surface area (Å²) in [6.07, 6.45) is -2.93. The van der Waals surface area contributed by atoms with Crippen molar-refractivity contribution in [2.45, 2.75) is 13.3 Å². The lowest BCUT2D eigenvalue weighted by molar-refractivity contribution is -0.390. The maximum absolute atomic E-state index is 12.2. The number of aryl methyl sites for hydroxylation is 1. The first-order valence-electron chi connectivity index (χ1n) is 3.60. The lowest BCUT2D eigenvalue weighted by Gasteiger charge is -2.00. The molecule has 0 saturated carbocycles. The minimum Gasteiger partial charge on any atom is -0.358 e. The molecule has 1 N–H and O–H groups in total. The molecule has 0 fully saturated rings. The predicted octanol–water partition coefficient (Wildman–Crippen LogP) is 1.53. The van der Waals surface area contributed by atoms with Gasteiger partial charge in [-0.15, -0.1) is 0 Å². The van der Waals surface area contributed by atoms with Crippen molar-refractivity contribution in [1.29, 1.82) is 0 Å². The summed E-state index contributed by atoms with van der Waals surface area (Å²) in [6, 6.07) is 0.821. The van der Waals surface area contributed by atoms with E-state index in [1.54, 1.807) is 4.98 Å². The largest absolute Gasteiger partial charge is 0.358 e. The average molecular weight is 204 g/mol. The van der Waals surface area contributed by atoms with Crippen molar-refractivity contribution < 1.29 is 13.7 Å². The Morgan fingerprint density at radius 3 is 2.57 bits per heavy atom. The van der Waals surface area contributed by atoms with Crippen LogP contribution in [0.2, 0.25) is 0 Å². The van der Waals surface area contributed by atoms with Crippen LogP contribution in [0.25, 0.3) is 0 Å². The number of pyridine rings is 1. The van der Waals surface area contributed by atoms with E-state index >= 15 is 0 Å². The fourth-order valence-corrected chi connectivity index (χ4v) is 0.997. The molecule has 0 amide bonds. The Morgan fingerprint density at radius 1 is 1.57 bits per heavy atom. The summed E-state index contributed by atoms with van der Waals surface area (Å²) in [5.41, 5.74) is -1.88. The van der Waals surface area contributed by atoms with E-state index in [0.29, 0.717) is 0 Å². The number of aromatic amines is 1. The molecule has 0 saturated heterocycles. The minimum atomic E-state index is -2.93. The van der Waals surface area contributed by atoms with E-state index in [-0.39, 0.29) is 5.56 Å². The molecule has 0 bridgehead atoms. The van der Waals surface area contributed by atoms with Crippen molar-refractivity contribution in [3.63, 3.8) is 0 Å². The first-order valence-corrected chi connectivity index (χ1v) is 3.60. The third kappa shape index (κ3) is 1.76. The van der Waals surface area contributed by atoms with Crippen LogP contribution >= 0.6 is 0 Å². The second-order valence-electron chi connectivity index (χ2n) is 2.64. The average Bonchev–Trinajstić information content (AvgIpc) is 2.07. The van der Waals surface area contributed by atoms with Gasteiger partial charge in [-0.2, -0.15) is 0 Å². The highest BCUT2D eigenvalue weighted by molar-refractivity contribution is 5.34. The van der Waals surface area contributed by atoms with Crippen molar-refractivity contribution in [1.82, 2.24) is 4.98 Å². The maximum Gasteiger partial charge on any atom is 0.340 e. The van der Waals surface area contributed by atoms with Gasteiger partial charge in [0.1, 0.15) is 5.56 Å². The smallest absolute Gasteiger partial charge is 0.340 e. The molecule has 1 heterocycles. The third-order valence-electron chi connectivity index (χ3n) is 1.66. The number of nitrogens with zero attached hydrogens (tertiary/aromatic N) is 1. The Morgan fingerprint density at radius 2 is 2.14 bits per heavy atom. The maximum atomic E-state index is 12.2. The fraction of sp³-hybridized carbons (Fsp3) is 0.286. The number of aromatic nitrogens is 1. The molecular formula is C7H6F2N2O3. The molecule has 0 aromatic carbocycles. The Bertz CT molecular complexity index is 427. The molecule has 1 rings (SSSR count). The van der Waals surface area contributed by atoms with Crippen molar-refractivity contribution in [2.24, 2.45) is 0 Å². The highest BCUT2D eigenvalue weighted by Crippen LogP contribution is 2.19. The monoisotopic (exact) mass is 204 g/mol. The van der Waals surface area contributed by atoms with Crippen LogP contribution in [-0.4, -0.2) is 9.91 Å². The van der Waals surface area contributed by atoms with Gasteiger partial charge in [0.2, 0.25) is 0 Å². The zero-order chi connectivity index (χ0) is 10.9. The van der Waals surface area contributed by atoms with Crippen LogP contribution in [0.5, 0.6) is 0 Å². The van der Waals surface area contributed by atoms with Gasteiger partial charge < -0.3 is 10.1 Å². The summed E-state index contributed by atoms with van der Waals surface area (Å²) in [7, 11) is 0. The highest BCUT2D eigenvalue weighted by atomic mass is 19.3. The summed E-state index contributed by atoms with van der Waals surface area (Å²) < 4.78 is 24.3. The molecule has 0 aliphatic rings. The van der Waals surface area contributed by atoms with Crippen molar-refractivity contribution in [3.8, 4) is 0 Å². The van der Waals surface area contributed by atoms with Gasteiger partial charge in [0.15, 0.2) is 0 Å². The Hall–Kier alpha value is -1.79. The second kappa shape index (κ2) is 3.52. The molecule has 7 heteroatoms. The molecular weight excluding hydrogens is 198 g/mol. The molecule has 0 aliphatic heterocycles. The second-order valence-corrected chi connectivity index (χ2v) is 2.64. The molecule has 0 spiro atoms. The van der Waals surface area contributed by atoms with Gasteiger partial charge in [0.05, 0.1) is 0 Å². The topological polar surface area (TPSA) is 76.0 Å². The minimum absolute atomic E-state index is 0.00454. The van der Waals surface area contributed by atoms with Crippen molar-refractivity contribution >= 4 is 5.82 Å². The van der Waals surface area contributed by atoms with E-state index in [4.69, 9.17) is 0 Å². The summed E-state index contributed by atoms with van der Waals surface area (Å²) in [5, 5.41) is 10.3. The lowest BCUT2D eigenvalue weighted by atomic mass is 10.2. The summed E-state index contributed by atoms with van der Waals surface area (Å²) in [4.78, 5) is 22.2. The normalized spacial score (nSPS) is 10.6.